The van der Waals surface area contributed by atoms with Crippen molar-refractivity contribution in [1.82, 2.24) is 9.80 Å². The average Bonchev–Trinajstić information content (AvgIpc) is 3.26. The molecule has 32 heavy (non-hydrogen) atoms. The Morgan fingerprint density at radius 2 is 1.69 bits per heavy atom. The molecule has 2 heterocycles. The summed E-state index contributed by atoms with van der Waals surface area (Å²) in [6.07, 6.45) is 0. The van der Waals surface area contributed by atoms with Crippen molar-refractivity contribution in [2.24, 2.45) is 17.6 Å². The number of amides is 4. The Balaban J connectivity index is 1.89. The van der Waals surface area contributed by atoms with Crippen molar-refractivity contribution in [3.63, 3.8) is 0 Å². The summed E-state index contributed by atoms with van der Waals surface area (Å²) in [6.45, 7) is 3.83. The van der Waals surface area contributed by atoms with Gasteiger partial charge in [0.1, 0.15) is 11.8 Å². The molecule has 166 valence electrons. The van der Waals surface area contributed by atoms with Crippen molar-refractivity contribution in [2.75, 3.05) is 13.7 Å². The number of hydrogen-bond donors (Lipinski definition) is 1. The van der Waals surface area contributed by atoms with E-state index in [1.165, 1.54) is 12.0 Å². The minimum Gasteiger partial charge on any atom is -0.497 e. The molecule has 0 aliphatic carbocycles. The van der Waals surface area contributed by atoms with Gasteiger partial charge in [-0.05, 0) is 37.6 Å². The Hall–Kier alpha value is -3.68. The van der Waals surface area contributed by atoms with Gasteiger partial charge < -0.3 is 15.4 Å². The fourth-order valence-corrected chi connectivity index (χ4v) is 4.87. The highest BCUT2D eigenvalue weighted by molar-refractivity contribution is 6.11. The minimum absolute atomic E-state index is 0.195. The number of likely N-dealkylation sites (tertiary alicyclic amines) is 2. The molecule has 2 aliphatic heterocycles. The molecule has 2 fully saturated rings. The average molecular weight is 435 g/mol. The number of methoxy groups -OCH3 is 1. The number of ether oxygens (including phenoxy) is 1. The number of fused-ring (bicyclic) bond motifs is 1. The van der Waals surface area contributed by atoms with E-state index < -0.39 is 41.6 Å². The summed E-state index contributed by atoms with van der Waals surface area (Å²) < 4.78 is 5.23. The lowest BCUT2D eigenvalue weighted by Crippen LogP contribution is -2.50. The lowest BCUT2D eigenvalue weighted by atomic mass is 9.86. The van der Waals surface area contributed by atoms with E-state index in [0.29, 0.717) is 11.3 Å². The van der Waals surface area contributed by atoms with Gasteiger partial charge in [-0.1, -0.05) is 35.9 Å². The van der Waals surface area contributed by atoms with Gasteiger partial charge in [0.25, 0.3) is 5.91 Å². The maximum absolute atomic E-state index is 13.7. The van der Waals surface area contributed by atoms with Crippen LogP contribution in [0.5, 0.6) is 5.75 Å². The maximum atomic E-state index is 13.7. The van der Waals surface area contributed by atoms with E-state index in [0.717, 1.165) is 10.5 Å². The SMILES string of the molecule is CCN1C(=O)C2C(C1=O)C(c1ccc(C)cc1)N(C(=O)c1cccc(OC)c1)C2C(N)=O. The van der Waals surface area contributed by atoms with E-state index >= 15 is 0 Å². The molecule has 0 spiro atoms. The smallest absolute Gasteiger partial charge is 0.255 e. The van der Waals surface area contributed by atoms with E-state index in [2.05, 4.69) is 0 Å². The van der Waals surface area contributed by atoms with E-state index in [9.17, 15) is 19.2 Å². The highest BCUT2D eigenvalue weighted by Gasteiger charge is 2.64. The number of rotatable bonds is 5. The number of carbonyl (C=O) groups is 4. The molecule has 2 aromatic rings. The van der Waals surface area contributed by atoms with Crippen LogP contribution in [-0.4, -0.2) is 53.1 Å². The van der Waals surface area contributed by atoms with Crippen LogP contribution in [0, 0.1) is 18.8 Å². The summed E-state index contributed by atoms with van der Waals surface area (Å²) in [7, 11) is 1.49. The molecule has 2 saturated heterocycles. The zero-order valence-electron chi connectivity index (χ0n) is 18.1. The number of nitrogens with two attached hydrogens (primary N) is 1. The lowest BCUT2D eigenvalue weighted by Gasteiger charge is -2.32. The van der Waals surface area contributed by atoms with Crippen LogP contribution in [0.15, 0.2) is 48.5 Å². The molecular formula is C24H25N3O5. The predicted molar refractivity (Wildman–Crippen MR) is 115 cm³/mol. The van der Waals surface area contributed by atoms with Crippen LogP contribution in [0.4, 0.5) is 0 Å². The molecule has 0 radical (unpaired) electrons. The van der Waals surface area contributed by atoms with Gasteiger partial charge in [0, 0.05) is 12.1 Å². The summed E-state index contributed by atoms with van der Waals surface area (Å²) >= 11 is 0. The Labute approximate surface area is 185 Å². The van der Waals surface area contributed by atoms with Crippen LogP contribution in [0.1, 0.15) is 34.5 Å². The fourth-order valence-electron chi connectivity index (χ4n) is 4.87. The highest BCUT2D eigenvalue weighted by atomic mass is 16.5. The lowest BCUT2D eigenvalue weighted by molar-refractivity contribution is -0.142. The molecule has 4 amide bonds. The molecule has 0 saturated carbocycles. The van der Waals surface area contributed by atoms with Crippen molar-refractivity contribution in [3.8, 4) is 5.75 Å². The number of primary amides is 1. The van der Waals surface area contributed by atoms with Gasteiger partial charge >= 0.3 is 0 Å². The largest absolute Gasteiger partial charge is 0.497 e. The van der Waals surface area contributed by atoms with Crippen molar-refractivity contribution >= 4 is 23.6 Å². The zero-order valence-corrected chi connectivity index (χ0v) is 18.1. The van der Waals surface area contributed by atoms with Gasteiger partial charge in [0.15, 0.2) is 0 Å². The standard InChI is InChI=1S/C24H25N3O5/c1-4-26-23(30)17-18(24(26)31)20(21(25)28)27(19(17)14-10-8-13(2)9-11-14)22(29)15-6-5-7-16(12-15)32-3/h5-12,17-20H,4H2,1-3H3,(H2,25,28). The summed E-state index contributed by atoms with van der Waals surface area (Å²) in [5.74, 6) is -3.58. The monoisotopic (exact) mass is 435 g/mol. The summed E-state index contributed by atoms with van der Waals surface area (Å²) in [6, 6.07) is 11.9. The van der Waals surface area contributed by atoms with E-state index in [1.54, 1.807) is 31.2 Å². The van der Waals surface area contributed by atoms with Crippen molar-refractivity contribution < 1.29 is 23.9 Å². The molecule has 8 nitrogen and oxygen atoms in total. The van der Waals surface area contributed by atoms with Gasteiger partial charge in [0.05, 0.1) is 25.0 Å². The third-order valence-corrected chi connectivity index (χ3v) is 6.35. The van der Waals surface area contributed by atoms with Gasteiger partial charge in [-0.2, -0.15) is 0 Å². The van der Waals surface area contributed by atoms with Crippen LogP contribution < -0.4 is 10.5 Å². The number of nitrogens with zero attached hydrogens (tertiary/aromatic N) is 2. The first kappa shape index (κ1) is 21.5. The Bertz CT molecular complexity index is 1100. The molecule has 0 aromatic heterocycles. The van der Waals surface area contributed by atoms with Crippen LogP contribution >= 0.6 is 0 Å². The quantitative estimate of drug-likeness (QED) is 0.719. The van der Waals surface area contributed by atoms with Crippen molar-refractivity contribution in [2.45, 2.75) is 25.9 Å². The minimum atomic E-state index is -1.24. The number of aryl methyl sites for hydroxylation is 1. The van der Waals surface area contributed by atoms with E-state index in [-0.39, 0.29) is 18.0 Å². The molecule has 8 heteroatoms. The van der Waals surface area contributed by atoms with Crippen LogP contribution in [0.2, 0.25) is 0 Å². The van der Waals surface area contributed by atoms with Crippen LogP contribution in [0.25, 0.3) is 0 Å². The predicted octanol–water partition coefficient (Wildman–Crippen LogP) is 1.68. The first-order chi connectivity index (χ1) is 15.3. The molecular weight excluding hydrogens is 410 g/mol. The van der Waals surface area contributed by atoms with Gasteiger partial charge in [0.2, 0.25) is 17.7 Å². The topological polar surface area (TPSA) is 110 Å². The summed E-state index contributed by atoms with van der Waals surface area (Å²) in [5.41, 5.74) is 7.69. The molecule has 4 unspecified atom stereocenters. The molecule has 0 bridgehead atoms. The van der Waals surface area contributed by atoms with Gasteiger partial charge in [-0.15, -0.1) is 0 Å². The molecule has 2 N–H and O–H groups in total. The molecule has 2 aromatic carbocycles. The zero-order chi connectivity index (χ0) is 23.2. The summed E-state index contributed by atoms with van der Waals surface area (Å²) in [5, 5.41) is 0. The normalized spacial score (nSPS) is 24.6. The van der Waals surface area contributed by atoms with Crippen LogP contribution in [-0.2, 0) is 14.4 Å². The van der Waals surface area contributed by atoms with Gasteiger partial charge in [-0.25, -0.2) is 0 Å². The van der Waals surface area contributed by atoms with Crippen molar-refractivity contribution in [3.05, 3.63) is 65.2 Å². The highest BCUT2D eigenvalue weighted by Crippen LogP contribution is 2.50. The number of hydrogen-bond acceptors (Lipinski definition) is 5. The Kier molecular flexibility index (Phi) is 5.46. The van der Waals surface area contributed by atoms with Crippen molar-refractivity contribution in [1.29, 1.82) is 0 Å². The molecule has 2 aliphatic rings. The summed E-state index contributed by atoms with van der Waals surface area (Å²) in [4.78, 5) is 55.2. The Morgan fingerprint density at radius 1 is 1.03 bits per heavy atom. The third-order valence-electron chi connectivity index (χ3n) is 6.35. The third kappa shape index (κ3) is 3.23. The second-order valence-corrected chi connectivity index (χ2v) is 8.12. The number of benzene rings is 2. The number of carbonyl (C=O) groups excluding carboxylic acids is 4. The Morgan fingerprint density at radius 3 is 2.28 bits per heavy atom. The first-order valence-electron chi connectivity index (χ1n) is 10.5. The second-order valence-electron chi connectivity index (χ2n) is 8.12. The second kappa shape index (κ2) is 8.11. The van der Waals surface area contributed by atoms with Crippen LogP contribution in [0.3, 0.4) is 0 Å². The molecule has 4 atom stereocenters. The first-order valence-corrected chi connectivity index (χ1v) is 10.5. The van der Waals surface area contributed by atoms with Gasteiger partial charge in [-0.3, -0.25) is 24.1 Å². The molecule has 4 rings (SSSR count). The van der Waals surface area contributed by atoms with E-state index in [1.807, 2.05) is 31.2 Å². The fraction of sp³-hybridized carbons (Fsp3) is 0.333. The maximum Gasteiger partial charge on any atom is 0.255 e. The van der Waals surface area contributed by atoms with E-state index in [4.69, 9.17) is 10.5 Å². The number of imide groups is 1.